The molecule has 2 rings (SSSR count). The van der Waals surface area contributed by atoms with E-state index in [1.165, 1.54) is 6.20 Å². The van der Waals surface area contributed by atoms with Crippen LogP contribution in [0.5, 0.6) is 0 Å². The van der Waals surface area contributed by atoms with Gasteiger partial charge in [-0.25, -0.2) is 0 Å². The molecule has 21 heavy (non-hydrogen) atoms. The minimum atomic E-state index is -0.196. The van der Waals surface area contributed by atoms with Crippen LogP contribution in [0.4, 0.5) is 5.69 Å². The molecule has 0 saturated carbocycles. The van der Waals surface area contributed by atoms with E-state index >= 15 is 0 Å². The summed E-state index contributed by atoms with van der Waals surface area (Å²) >= 11 is 12.0. The number of carbonyl (C=O) groups is 1. The molecule has 1 heterocycles. The molecule has 0 aliphatic heterocycles. The summed E-state index contributed by atoms with van der Waals surface area (Å²) in [7, 11) is 1.69. The molecule has 1 aromatic heterocycles. The number of benzene rings is 1. The first-order valence-electron chi connectivity index (χ1n) is 6.44. The van der Waals surface area contributed by atoms with Crippen LogP contribution in [0.2, 0.25) is 10.0 Å². The van der Waals surface area contributed by atoms with Crippen molar-refractivity contribution < 1.29 is 4.79 Å². The molecule has 0 radical (unpaired) electrons. The van der Waals surface area contributed by atoms with Crippen LogP contribution < -0.4 is 5.73 Å². The molecule has 0 bridgehead atoms. The molecule has 7 heteroatoms. The molecule has 0 fully saturated rings. The van der Waals surface area contributed by atoms with Gasteiger partial charge in [0.1, 0.15) is 5.69 Å². The van der Waals surface area contributed by atoms with E-state index < -0.39 is 0 Å². The number of rotatable bonds is 4. The fourth-order valence-corrected chi connectivity index (χ4v) is 2.50. The summed E-state index contributed by atoms with van der Waals surface area (Å²) in [5.41, 5.74) is 7.41. The smallest absolute Gasteiger partial charge is 0.274 e. The molecule has 0 saturated heterocycles. The number of nitrogen functional groups attached to an aromatic ring is 1. The maximum absolute atomic E-state index is 12.5. The Labute approximate surface area is 133 Å². The maximum Gasteiger partial charge on any atom is 0.274 e. The SMILES string of the molecule is CCn1ncc(N)c1C(=O)N(C)Cc1ccc(Cl)cc1Cl. The van der Waals surface area contributed by atoms with E-state index in [2.05, 4.69) is 5.10 Å². The topological polar surface area (TPSA) is 64.2 Å². The summed E-state index contributed by atoms with van der Waals surface area (Å²) in [4.78, 5) is 14.1. The van der Waals surface area contributed by atoms with Crippen molar-refractivity contribution in [3.05, 3.63) is 45.7 Å². The van der Waals surface area contributed by atoms with Gasteiger partial charge >= 0.3 is 0 Å². The van der Waals surface area contributed by atoms with Gasteiger partial charge in [0.25, 0.3) is 5.91 Å². The maximum atomic E-state index is 12.5. The first-order chi connectivity index (χ1) is 9.93. The van der Waals surface area contributed by atoms with Gasteiger partial charge in [0, 0.05) is 30.2 Å². The highest BCUT2D eigenvalue weighted by atomic mass is 35.5. The zero-order chi connectivity index (χ0) is 15.6. The van der Waals surface area contributed by atoms with E-state index in [9.17, 15) is 4.79 Å². The van der Waals surface area contributed by atoms with Crippen LogP contribution in [0.1, 0.15) is 23.0 Å². The fraction of sp³-hybridized carbons (Fsp3) is 0.286. The Bertz CT molecular complexity index is 669. The van der Waals surface area contributed by atoms with Gasteiger partial charge in [-0.05, 0) is 24.6 Å². The number of halogens is 2. The van der Waals surface area contributed by atoms with Gasteiger partial charge in [-0.2, -0.15) is 5.10 Å². The van der Waals surface area contributed by atoms with Crippen LogP contribution in [-0.2, 0) is 13.1 Å². The summed E-state index contributed by atoms with van der Waals surface area (Å²) in [6, 6.07) is 5.20. The largest absolute Gasteiger partial charge is 0.396 e. The lowest BCUT2D eigenvalue weighted by molar-refractivity contribution is 0.0774. The lowest BCUT2D eigenvalue weighted by Gasteiger charge is -2.19. The third kappa shape index (κ3) is 3.31. The van der Waals surface area contributed by atoms with E-state index in [1.54, 1.807) is 34.8 Å². The molecule has 0 aliphatic rings. The van der Waals surface area contributed by atoms with Crippen molar-refractivity contribution >= 4 is 34.8 Å². The van der Waals surface area contributed by atoms with Gasteiger partial charge in [-0.1, -0.05) is 29.3 Å². The number of aromatic nitrogens is 2. The molecule has 2 aromatic rings. The molecule has 112 valence electrons. The quantitative estimate of drug-likeness (QED) is 0.939. The Hall–Kier alpha value is -1.72. The van der Waals surface area contributed by atoms with Gasteiger partial charge in [0.2, 0.25) is 0 Å². The van der Waals surface area contributed by atoms with E-state index in [4.69, 9.17) is 28.9 Å². The normalized spacial score (nSPS) is 10.7. The lowest BCUT2D eigenvalue weighted by Crippen LogP contribution is -2.29. The van der Waals surface area contributed by atoms with Gasteiger partial charge in [-0.15, -0.1) is 0 Å². The van der Waals surface area contributed by atoms with Gasteiger partial charge in [0.05, 0.1) is 11.9 Å². The molecule has 0 unspecified atom stereocenters. The fourth-order valence-electron chi connectivity index (χ4n) is 2.03. The Kier molecular flexibility index (Phi) is 4.75. The molecular weight excluding hydrogens is 311 g/mol. The van der Waals surface area contributed by atoms with Crippen LogP contribution in [-0.4, -0.2) is 27.6 Å². The zero-order valence-corrected chi connectivity index (χ0v) is 13.3. The number of hydrogen-bond donors (Lipinski definition) is 1. The van der Waals surface area contributed by atoms with Gasteiger partial charge < -0.3 is 10.6 Å². The number of amides is 1. The van der Waals surface area contributed by atoms with E-state index in [0.29, 0.717) is 34.5 Å². The summed E-state index contributed by atoms with van der Waals surface area (Å²) in [6.45, 7) is 2.84. The monoisotopic (exact) mass is 326 g/mol. The van der Waals surface area contributed by atoms with Gasteiger partial charge in [0.15, 0.2) is 0 Å². The van der Waals surface area contributed by atoms with Crippen LogP contribution in [0.25, 0.3) is 0 Å². The molecule has 0 atom stereocenters. The predicted octanol–water partition coefficient (Wildman–Crippen LogP) is 3.06. The highest BCUT2D eigenvalue weighted by Crippen LogP contribution is 2.23. The minimum absolute atomic E-state index is 0.196. The number of nitrogens with two attached hydrogens (primary N) is 1. The summed E-state index contributed by atoms with van der Waals surface area (Å²) in [6.07, 6.45) is 1.49. The van der Waals surface area contributed by atoms with Crippen LogP contribution in [0, 0.1) is 0 Å². The summed E-state index contributed by atoms with van der Waals surface area (Å²) in [5.74, 6) is -0.196. The van der Waals surface area contributed by atoms with Crippen LogP contribution in [0.15, 0.2) is 24.4 Å². The average Bonchev–Trinajstić information content (AvgIpc) is 2.82. The second kappa shape index (κ2) is 6.37. The predicted molar refractivity (Wildman–Crippen MR) is 84.6 cm³/mol. The first kappa shape index (κ1) is 15.7. The highest BCUT2D eigenvalue weighted by Gasteiger charge is 2.20. The average molecular weight is 327 g/mol. The van der Waals surface area contributed by atoms with Crippen molar-refractivity contribution in [2.75, 3.05) is 12.8 Å². The van der Waals surface area contributed by atoms with E-state index in [-0.39, 0.29) is 5.91 Å². The number of anilines is 1. The van der Waals surface area contributed by atoms with Crippen molar-refractivity contribution in [2.45, 2.75) is 20.0 Å². The summed E-state index contributed by atoms with van der Waals surface area (Å²) < 4.78 is 1.58. The van der Waals surface area contributed by atoms with Crippen molar-refractivity contribution in [3.63, 3.8) is 0 Å². The Morgan fingerprint density at radius 1 is 1.43 bits per heavy atom. The minimum Gasteiger partial charge on any atom is -0.396 e. The standard InChI is InChI=1S/C14H16Cl2N4O/c1-3-20-13(12(17)7-18-20)14(21)19(2)8-9-4-5-10(15)6-11(9)16/h4-7H,3,8,17H2,1-2H3. The highest BCUT2D eigenvalue weighted by molar-refractivity contribution is 6.35. The van der Waals surface area contributed by atoms with E-state index in [0.717, 1.165) is 5.56 Å². The van der Waals surface area contributed by atoms with E-state index in [1.807, 2.05) is 6.92 Å². The second-order valence-corrected chi connectivity index (χ2v) is 5.50. The number of nitrogens with zero attached hydrogens (tertiary/aromatic N) is 3. The molecule has 1 amide bonds. The van der Waals surface area contributed by atoms with Crippen LogP contribution >= 0.6 is 23.2 Å². The Morgan fingerprint density at radius 3 is 2.76 bits per heavy atom. The molecule has 0 aliphatic carbocycles. The summed E-state index contributed by atoms with van der Waals surface area (Å²) in [5, 5.41) is 5.16. The zero-order valence-electron chi connectivity index (χ0n) is 11.8. The Balaban J connectivity index is 2.21. The van der Waals surface area contributed by atoms with Gasteiger partial charge in [-0.3, -0.25) is 9.48 Å². The molecule has 0 spiro atoms. The van der Waals surface area contributed by atoms with Crippen LogP contribution in [0.3, 0.4) is 0 Å². The van der Waals surface area contributed by atoms with Crippen molar-refractivity contribution in [3.8, 4) is 0 Å². The van der Waals surface area contributed by atoms with Crippen molar-refractivity contribution in [2.24, 2.45) is 0 Å². The molecule has 2 N–H and O–H groups in total. The van der Waals surface area contributed by atoms with Crippen molar-refractivity contribution in [1.82, 2.24) is 14.7 Å². The number of aryl methyl sites for hydroxylation is 1. The number of carbonyl (C=O) groups excluding carboxylic acids is 1. The Morgan fingerprint density at radius 2 is 2.14 bits per heavy atom. The molecule has 5 nitrogen and oxygen atoms in total. The third-order valence-corrected chi connectivity index (χ3v) is 3.73. The second-order valence-electron chi connectivity index (χ2n) is 4.66. The van der Waals surface area contributed by atoms with Crippen molar-refractivity contribution in [1.29, 1.82) is 0 Å². The molecular formula is C14H16Cl2N4O. The third-order valence-electron chi connectivity index (χ3n) is 3.14. The first-order valence-corrected chi connectivity index (χ1v) is 7.20. The lowest BCUT2D eigenvalue weighted by atomic mass is 10.2. The molecule has 1 aromatic carbocycles. The number of hydrogen-bond acceptors (Lipinski definition) is 3.